The summed E-state index contributed by atoms with van der Waals surface area (Å²) < 4.78 is 0. The second kappa shape index (κ2) is 6.53. The molecule has 0 saturated carbocycles. The Labute approximate surface area is 74.2 Å². The van der Waals surface area contributed by atoms with Gasteiger partial charge in [-0.2, -0.15) is 12.6 Å². The Hall–Kier alpha value is -0.180. The Morgan fingerprint density at radius 1 is 1.55 bits per heavy atom. The molecule has 2 nitrogen and oxygen atoms in total. The summed E-state index contributed by atoms with van der Waals surface area (Å²) in [6.45, 7) is 4.95. The topological polar surface area (TPSA) is 29.1 Å². The van der Waals surface area contributed by atoms with Gasteiger partial charge in [0.25, 0.3) is 0 Å². The molecule has 0 saturated heterocycles. The summed E-state index contributed by atoms with van der Waals surface area (Å²) in [6, 6.07) is 0. The maximum Gasteiger partial charge on any atom is 0.220 e. The van der Waals surface area contributed by atoms with Gasteiger partial charge in [0.15, 0.2) is 0 Å². The second-order valence-electron chi connectivity index (χ2n) is 3.03. The number of hydrogen-bond donors (Lipinski definition) is 2. The molecule has 1 amide bonds. The molecule has 0 heterocycles. The lowest BCUT2D eigenvalue weighted by Crippen LogP contribution is -2.26. The van der Waals surface area contributed by atoms with Crippen LogP contribution in [0.5, 0.6) is 0 Å². The zero-order valence-electron chi connectivity index (χ0n) is 7.26. The third-order valence-corrected chi connectivity index (χ3v) is 1.59. The average Bonchev–Trinajstić information content (AvgIpc) is 1.97. The molecule has 0 aliphatic carbocycles. The zero-order valence-corrected chi connectivity index (χ0v) is 8.16. The normalized spacial score (nSPS) is 10.2. The minimum absolute atomic E-state index is 0.146. The standard InChI is InChI=1S/C8H17NOS/c1-7(2)6-9-8(10)4-3-5-11/h7,11H,3-6H2,1-2H3,(H,9,10). The fourth-order valence-electron chi connectivity index (χ4n) is 0.646. The van der Waals surface area contributed by atoms with Crippen LogP contribution in [0.15, 0.2) is 0 Å². The smallest absolute Gasteiger partial charge is 0.220 e. The van der Waals surface area contributed by atoms with Crippen LogP contribution in [-0.2, 0) is 4.79 Å². The molecule has 0 unspecified atom stereocenters. The SMILES string of the molecule is CC(C)CNC(=O)CCCS. The molecule has 0 radical (unpaired) electrons. The fraction of sp³-hybridized carbons (Fsp3) is 0.875. The van der Waals surface area contributed by atoms with Crippen molar-refractivity contribution in [1.29, 1.82) is 0 Å². The Balaban J connectivity index is 3.23. The minimum atomic E-state index is 0.146. The molecule has 3 heteroatoms. The Kier molecular flexibility index (Phi) is 6.42. The van der Waals surface area contributed by atoms with Crippen LogP contribution in [0.1, 0.15) is 26.7 Å². The average molecular weight is 175 g/mol. The molecule has 0 aliphatic rings. The molecule has 0 aromatic rings. The van der Waals surface area contributed by atoms with Crippen molar-refractivity contribution in [2.75, 3.05) is 12.3 Å². The van der Waals surface area contributed by atoms with Gasteiger partial charge in [0.05, 0.1) is 0 Å². The fourth-order valence-corrected chi connectivity index (χ4v) is 0.804. The van der Waals surface area contributed by atoms with Crippen LogP contribution in [0.2, 0.25) is 0 Å². The molecule has 0 rings (SSSR count). The first-order chi connectivity index (χ1) is 5.16. The van der Waals surface area contributed by atoms with E-state index in [1.165, 1.54) is 0 Å². The lowest BCUT2D eigenvalue weighted by atomic mass is 10.2. The van der Waals surface area contributed by atoms with E-state index in [9.17, 15) is 4.79 Å². The van der Waals surface area contributed by atoms with Crippen LogP contribution >= 0.6 is 12.6 Å². The quantitative estimate of drug-likeness (QED) is 0.609. The molecule has 0 aromatic heterocycles. The highest BCUT2D eigenvalue weighted by Gasteiger charge is 2.00. The number of hydrogen-bond acceptors (Lipinski definition) is 2. The van der Waals surface area contributed by atoms with Crippen LogP contribution in [0.25, 0.3) is 0 Å². The summed E-state index contributed by atoms with van der Waals surface area (Å²) in [4.78, 5) is 11.0. The lowest BCUT2D eigenvalue weighted by molar-refractivity contribution is -0.121. The highest BCUT2D eigenvalue weighted by molar-refractivity contribution is 7.80. The van der Waals surface area contributed by atoms with Crippen LogP contribution in [0.3, 0.4) is 0 Å². The molecular weight excluding hydrogens is 158 g/mol. The molecule has 0 spiro atoms. The number of carbonyl (C=O) groups is 1. The largest absolute Gasteiger partial charge is 0.356 e. The number of thiol groups is 1. The first-order valence-corrected chi connectivity index (χ1v) is 4.67. The van der Waals surface area contributed by atoms with Gasteiger partial charge in [-0.15, -0.1) is 0 Å². The molecule has 0 fully saturated rings. The summed E-state index contributed by atoms with van der Waals surface area (Å²) in [5.41, 5.74) is 0. The number of nitrogens with one attached hydrogen (secondary N) is 1. The van der Waals surface area contributed by atoms with E-state index in [1.54, 1.807) is 0 Å². The van der Waals surface area contributed by atoms with E-state index >= 15 is 0 Å². The van der Waals surface area contributed by atoms with Crippen LogP contribution in [0.4, 0.5) is 0 Å². The van der Waals surface area contributed by atoms with E-state index in [2.05, 4.69) is 31.8 Å². The number of carbonyl (C=O) groups excluding carboxylic acids is 1. The van der Waals surface area contributed by atoms with Crippen molar-refractivity contribution >= 4 is 18.5 Å². The van der Waals surface area contributed by atoms with E-state index in [1.807, 2.05) is 0 Å². The third-order valence-electron chi connectivity index (χ3n) is 1.27. The Morgan fingerprint density at radius 3 is 2.64 bits per heavy atom. The summed E-state index contributed by atoms with van der Waals surface area (Å²) in [6.07, 6.45) is 1.48. The zero-order chi connectivity index (χ0) is 8.69. The van der Waals surface area contributed by atoms with Gasteiger partial charge in [0.2, 0.25) is 5.91 Å². The van der Waals surface area contributed by atoms with Crippen molar-refractivity contribution in [2.24, 2.45) is 5.92 Å². The van der Waals surface area contributed by atoms with E-state index < -0.39 is 0 Å². The van der Waals surface area contributed by atoms with Crippen molar-refractivity contribution in [3.8, 4) is 0 Å². The summed E-state index contributed by atoms with van der Waals surface area (Å²) in [5, 5.41) is 2.84. The van der Waals surface area contributed by atoms with E-state index in [4.69, 9.17) is 0 Å². The van der Waals surface area contributed by atoms with Gasteiger partial charge < -0.3 is 5.32 Å². The highest BCUT2D eigenvalue weighted by atomic mass is 32.1. The van der Waals surface area contributed by atoms with Gasteiger partial charge in [0.1, 0.15) is 0 Å². The van der Waals surface area contributed by atoms with E-state index in [0.29, 0.717) is 12.3 Å². The maximum atomic E-state index is 11.0. The van der Waals surface area contributed by atoms with Crippen molar-refractivity contribution in [3.63, 3.8) is 0 Å². The molecule has 0 atom stereocenters. The number of amides is 1. The summed E-state index contributed by atoms with van der Waals surface area (Å²) >= 11 is 4.02. The number of rotatable bonds is 5. The molecule has 1 N–H and O–H groups in total. The predicted molar refractivity (Wildman–Crippen MR) is 50.9 cm³/mol. The monoisotopic (exact) mass is 175 g/mol. The highest BCUT2D eigenvalue weighted by Crippen LogP contribution is 1.92. The first kappa shape index (κ1) is 10.8. The van der Waals surface area contributed by atoms with Gasteiger partial charge in [-0.3, -0.25) is 4.79 Å². The summed E-state index contributed by atoms with van der Waals surface area (Å²) in [5.74, 6) is 1.47. The van der Waals surface area contributed by atoms with Crippen LogP contribution in [0, 0.1) is 5.92 Å². The van der Waals surface area contributed by atoms with Crippen molar-refractivity contribution < 1.29 is 4.79 Å². The second-order valence-corrected chi connectivity index (χ2v) is 3.47. The first-order valence-electron chi connectivity index (χ1n) is 4.04. The molecule has 66 valence electrons. The van der Waals surface area contributed by atoms with Crippen molar-refractivity contribution in [1.82, 2.24) is 5.32 Å². The summed E-state index contributed by atoms with van der Waals surface area (Å²) in [7, 11) is 0. The predicted octanol–water partition coefficient (Wildman–Crippen LogP) is 1.47. The van der Waals surface area contributed by atoms with Gasteiger partial charge in [-0.05, 0) is 18.1 Å². The van der Waals surface area contributed by atoms with Gasteiger partial charge in [0, 0.05) is 13.0 Å². The molecule has 11 heavy (non-hydrogen) atoms. The maximum absolute atomic E-state index is 11.0. The minimum Gasteiger partial charge on any atom is -0.356 e. The lowest BCUT2D eigenvalue weighted by Gasteiger charge is -2.06. The van der Waals surface area contributed by atoms with Crippen LogP contribution in [-0.4, -0.2) is 18.2 Å². The van der Waals surface area contributed by atoms with Crippen LogP contribution < -0.4 is 5.32 Å². The molecule has 0 aromatic carbocycles. The molecule has 0 aliphatic heterocycles. The third kappa shape index (κ3) is 7.72. The molecule has 0 bridgehead atoms. The Bertz CT molecular complexity index is 115. The van der Waals surface area contributed by atoms with Gasteiger partial charge >= 0.3 is 0 Å². The van der Waals surface area contributed by atoms with Gasteiger partial charge in [-0.1, -0.05) is 13.8 Å². The Morgan fingerprint density at radius 2 is 2.18 bits per heavy atom. The van der Waals surface area contributed by atoms with E-state index in [-0.39, 0.29) is 5.91 Å². The van der Waals surface area contributed by atoms with Crippen molar-refractivity contribution in [3.05, 3.63) is 0 Å². The van der Waals surface area contributed by atoms with Crippen molar-refractivity contribution in [2.45, 2.75) is 26.7 Å². The molecular formula is C8H17NOS. The van der Waals surface area contributed by atoms with E-state index in [0.717, 1.165) is 18.7 Å². The van der Waals surface area contributed by atoms with Gasteiger partial charge in [-0.25, -0.2) is 0 Å².